The molecule has 0 fully saturated rings. The Morgan fingerprint density at radius 2 is 1.74 bits per heavy atom. The van der Waals surface area contributed by atoms with Gasteiger partial charge >= 0.3 is 12.2 Å². The number of ether oxygens (including phenoxy) is 2. The quantitative estimate of drug-likeness (QED) is 0.794. The maximum atomic E-state index is 12.6. The highest BCUT2D eigenvalue weighted by Gasteiger charge is 2.30. The molecule has 2 N–H and O–H groups in total. The minimum Gasteiger partial charge on any atom is -0.497 e. The van der Waals surface area contributed by atoms with Gasteiger partial charge in [0.25, 0.3) is 0 Å². The lowest BCUT2D eigenvalue weighted by atomic mass is 10.1. The predicted octanol–water partition coefficient (Wildman–Crippen LogP) is 3.90. The fourth-order valence-corrected chi connectivity index (χ4v) is 2.10. The maximum absolute atomic E-state index is 12.6. The van der Waals surface area contributed by atoms with Crippen molar-refractivity contribution in [3.05, 3.63) is 53.6 Å². The third-order valence-corrected chi connectivity index (χ3v) is 3.37. The number of alkyl halides is 3. The van der Waals surface area contributed by atoms with Crippen molar-refractivity contribution in [1.29, 1.82) is 0 Å². The van der Waals surface area contributed by atoms with Crippen LogP contribution in [0.4, 0.5) is 23.7 Å². The Labute approximate surface area is 154 Å². The van der Waals surface area contributed by atoms with Crippen LogP contribution in [0.2, 0.25) is 0 Å². The van der Waals surface area contributed by atoms with Crippen molar-refractivity contribution >= 4 is 11.7 Å². The van der Waals surface area contributed by atoms with Crippen LogP contribution in [0.1, 0.15) is 11.1 Å². The number of methoxy groups -OCH3 is 2. The van der Waals surface area contributed by atoms with Crippen molar-refractivity contribution in [3.63, 3.8) is 0 Å². The Bertz CT molecular complexity index is 848. The van der Waals surface area contributed by atoms with Gasteiger partial charge in [0.05, 0.1) is 26.3 Å². The van der Waals surface area contributed by atoms with Crippen molar-refractivity contribution < 1.29 is 27.4 Å². The van der Waals surface area contributed by atoms with Gasteiger partial charge in [-0.3, -0.25) is 0 Å². The number of rotatable bonds is 4. The number of hydrogen-bond donors (Lipinski definition) is 2. The van der Waals surface area contributed by atoms with E-state index in [0.717, 1.165) is 12.1 Å². The first-order valence-corrected chi connectivity index (χ1v) is 7.76. The highest BCUT2D eigenvalue weighted by atomic mass is 19.4. The Morgan fingerprint density at radius 1 is 1.07 bits per heavy atom. The van der Waals surface area contributed by atoms with E-state index in [-0.39, 0.29) is 12.1 Å². The molecule has 0 radical (unpaired) electrons. The minimum atomic E-state index is -4.42. The summed E-state index contributed by atoms with van der Waals surface area (Å²) in [5.41, 5.74) is -0.105. The van der Waals surface area contributed by atoms with E-state index in [4.69, 9.17) is 9.47 Å². The Hall–Kier alpha value is -3.34. The van der Waals surface area contributed by atoms with Gasteiger partial charge in [0.2, 0.25) is 0 Å². The van der Waals surface area contributed by atoms with Gasteiger partial charge in [0, 0.05) is 29.4 Å². The molecule has 0 atom stereocenters. The summed E-state index contributed by atoms with van der Waals surface area (Å²) in [5, 5.41) is 5.09. The summed E-state index contributed by atoms with van der Waals surface area (Å²) >= 11 is 0. The first-order valence-electron chi connectivity index (χ1n) is 7.76. The molecular formula is C19H17F3N2O3. The lowest BCUT2D eigenvalue weighted by Crippen LogP contribution is -2.28. The number of carbonyl (C=O) groups excluding carboxylic acids is 1. The molecule has 2 aromatic carbocycles. The topological polar surface area (TPSA) is 59.6 Å². The Morgan fingerprint density at radius 3 is 2.33 bits per heavy atom. The summed E-state index contributed by atoms with van der Waals surface area (Å²) in [6, 6.07) is 9.02. The van der Waals surface area contributed by atoms with Gasteiger partial charge in [-0.15, -0.1) is 0 Å². The number of nitrogens with one attached hydrogen (secondary N) is 2. The molecule has 8 heteroatoms. The largest absolute Gasteiger partial charge is 0.497 e. The average Bonchev–Trinajstić information content (AvgIpc) is 2.64. The monoisotopic (exact) mass is 378 g/mol. The van der Waals surface area contributed by atoms with E-state index in [9.17, 15) is 18.0 Å². The maximum Gasteiger partial charge on any atom is 0.416 e. The number of hydrogen-bond acceptors (Lipinski definition) is 3. The lowest BCUT2D eigenvalue weighted by Gasteiger charge is -2.09. The van der Waals surface area contributed by atoms with E-state index in [2.05, 4.69) is 22.5 Å². The molecule has 0 aliphatic carbocycles. The second kappa shape index (κ2) is 8.85. The van der Waals surface area contributed by atoms with Crippen LogP contribution in [-0.2, 0) is 6.18 Å². The molecule has 0 saturated heterocycles. The summed E-state index contributed by atoms with van der Waals surface area (Å²) in [5.74, 6) is 6.20. The second-order valence-electron chi connectivity index (χ2n) is 5.29. The van der Waals surface area contributed by atoms with Gasteiger partial charge in [0.1, 0.15) is 11.5 Å². The molecule has 5 nitrogen and oxygen atoms in total. The molecule has 0 aromatic heterocycles. The standard InChI is InChI=1S/C19H17F3N2O3/c1-26-16-10-15(11-17(12-16)27-2)24-18(25)23-8-4-6-13-5-3-7-14(9-13)19(20,21)22/h3,5,7,9-12H,8H2,1-2H3,(H2,23,24,25). The summed E-state index contributed by atoms with van der Waals surface area (Å²) in [4.78, 5) is 11.9. The Kier molecular flexibility index (Phi) is 6.55. The third kappa shape index (κ3) is 6.15. The molecule has 0 bridgehead atoms. The molecule has 142 valence electrons. The fourth-order valence-electron chi connectivity index (χ4n) is 2.10. The van der Waals surface area contributed by atoms with Crippen LogP contribution in [0, 0.1) is 11.8 Å². The van der Waals surface area contributed by atoms with Crippen molar-refractivity contribution in [2.45, 2.75) is 6.18 Å². The van der Waals surface area contributed by atoms with Crippen molar-refractivity contribution in [2.24, 2.45) is 0 Å². The average molecular weight is 378 g/mol. The van der Waals surface area contributed by atoms with Gasteiger partial charge in [0.15, 0.2) is 0 Å². The predicted molar refractivity (Wildman–Crippen MR) is 94.9 cm³/mol. The summed E-state index contributed by atoms with van der Waals surface area (Å²) < 4.78 is 48.1. The number of halogens is 3. The molecule has 0 heterocycles. The van der Waals surface area contributed by atoms with E-state index >= 15 is 0 Å². The second-order valence-corrected chi connectivity index (χ2v) is 5.29. The van der Waals surface area contributed by atoms with Crippen molar-refractivity contribution in [2.75, 3.05) is 26.1 Å². The molecule has 0 spiro atoms. The summed E-state index contributed by atoms with van der Waals surface area (Å²) in [7, 11) is 2.98. The number of urea groups is 1. The molecule has 0 aliphatic rings. The smallest absolute Gasteiger partial charge is 0.416 e. The van der Waals surface area contributed by atoms with Crippen LogP contribution in [0.5, 0.6) is 11.5 Å². The molecule has 0 saturated carbocycles. The zero-order chi connectivity index (χ0) is 19.9. The molecule has 2 aromatic rings. The van der Waals surface area contributed by atoms with Crippen LogP contribution in [0.25, 0.3) is 0 Å². The van der Waals surface area contributed by atoms with E-state index < -0.39 is 17.8 Å². The first kappa shape index (κ1) is 20.0. The molecule has 0 unspecified atom stereocenters. The van der Waals surface area contributed by atoms with Gasteiger partial charge in [-0.25, -0.2) is 4.79 Å². The normalized spacial score (nSPS) is 10.4. The van der Waals surface area contributed by atoms with Crippen molar-refractivity contribution in [3.8, 4) is 23.3 Å². The minimum absolute atomic E-state index is 0.0385. The van der Waals surface area contributed by atoms with Crippen LogP contribution in [0.15, 0.2) is 42.5 Å². The molecular weight excluding hydrogens is 361 g/mol. The van der Waals surface area contributed by atoms with Gasteiger partial charge in [-0.05, 0) is 18.2 Å². The van der Waals surface area contributed by atoms with E-state index in [1.165, 1.54) is 26.4 Å². The third-order valence-electron chi connectivity index (χ3n) is 3.37. The molecule has 27 heavy (non-hydrogen) atoms. The first-order chi connectivity index (χ1) is 12.8. The van der Waals surface area contributed by atoms with Crippen LogP contribution < -0.4 is 20.1 Å². The highest BCUT2D eigenvalue weighted by molar-refractivity contribution is 5.89. The summed E-state index contributed by atoms with van der Waals surface area (Å²) in [6.45, 7) is -0.0385. The number of benzene rings is 2. The van der Waals surface area contributed by atoms with Gasteiger partial charge < -0.3 is 20.1 Å². The van der Waals surface area contributed by atoms with E-state index in [1.807, 2.05) is 0 Å². The zero-order valence-electron chi connectivity index (χ0n) is 14.6. The van der Waals surface area contributed by atoms with E-state index in [1.54, 1.807) is 18.2 Å². The van der Waals surface area contributed by atoms with Crippen molar-refractivity contribution in [1.82, 2.24) is 5.32 Å². The number of carbonyl (C=O) groups is 1. The summed E-state index contributed by atoms with van der Waals surface area (Å²) in [6.07, 6.45) is -4.42. The van der Waals surface area contributed by atoms with Crippen LogP contribution in [0.3, 0.4) is 0 Å². The van der Waals surface area contributed by atoms with Gasteiger partial charge in [-0.2, -0.15) is 13.2 Å². The zero-order valence-corrected chi connectivity index (χ0v) is 14.6. The molecule has 0 aliphatic heterocycles. The number of amides is 2. The lowest BCUT2D eigenvalue weighted by molar-refractivity contribution is -0.137. The van der Waals surface area contributed by atoms with Crippen LogP contribution in [-0.4, -0.2) is 26.8 Å². The Balaban J connectivity index is 1.93. The van der Waals surface area contributed by atoms with Gasteiger partial charge in [-0.1, -0.05) is 17.9 Å². The fraction of sp³-hybridized carbons (Fsp3) is 0.211. The molecule has 2 rings (SSSR count). The van der Waals surface area contributed by atoms with E-state index in [0.29, 0.717) is 17.2 Å². The highest BCUT2D eigenvalue weighted by Crippen LogP contribution is 2.29. The number of anilines is 1. The SMILES string of the molecule is COc1cc(NC(=O)NCC#Cc2cccc(C(F)(F)F)c2)cc(OC)c1. The van der Waals surface area contributed by atoms with Crippen LogP contribution >= 0.6 is 0 Å². The molecule has 2 amide bonds.